The van der Waals surface area contributed by atoms with Crippen molar-refractivity contribution < 1.29 is 4.39 Å². The normalized spacial score (nSPS) is 19.6. The molecule has 2 aromatic rings. The van der Waals surface area contributed by atoms with Crippen molar-refractivity contribution >= 4 is 11.0 Å². The second kappa shape index (κ2) is 5.92. The Morgan fingerprint density at radius 3 is 3.05 bits per heavy atom. The fourth-order valence-corrected chi connectivity index (χ4v) is 3.17. The Labute approximate surface area is 119 Å². The van der Waals surface area contributed by atoms with Gasteiger partial charge in [-0.2, -0.15) is 0 Å². The molecule has 0 bridgehead atoms. The van der Waals surface area contributed by atoms with Gasteiger partial charge in [-0.15, -0.1) is 0 Å². The summed E-state index contributed by atoms with van der Waals surface area (Å²) in [4.78, 5) is 4.62. The number of rotatable bonds is 4. The van der Waals surface area contributed by atoms with E-state index in [-0.39, 0.29) is 5.82 Å². The Morgan fingerprint density at radius 2 is 2.30 bits per heavy atom. The van der Waals surface area contributed by atoms with Crippen molar-refractivity contribution in [1.29, 1.82) is 0 Å². The fourth-order valence-electron chi connectivity index (χ4n) is 3.17. The summed E-state index contributed by atoms with van der Waals surface area (Å²) in [6.45, 7) is 4.14. The first kappa shape index (κ1) is 13.6. The van der Waals surface area contributed by atoms with E-state index >= 15 is 0 Å². The third kappa shape index (κ3) is 2.70. The topological polar surface area (TPSA) is 29.9 Å². The zero-order valence-electron chi connectivity index (χ0n) is 12.0. The Balaban J connectivity index is 1.79. The Hall–Kier alpha value is -1.42. The predicted molar refractivity (Wildman–Crippen MR) is 79.3 cm³/mol. The number of halogens is 1. The molecule has 4 heteroatoms. The molecular formula is C16H22FN3. The lowest BCUT2D eigenvalue weighted by molar-refractivity contribution is 0.379. The summed E-state index contributed by atoms with van der Waals surface area (Å²) in [7, 11) is 0. The summed E-state index contributed by atoms with van der Waals surface area (Å²) in [6, 6.07) is 5.50. The first-order valence-electron chi connectivity index (χ1n) is 7.66. The van der Waals surface area contributed by atoms with Gasteiger partial charge in [0, 0.05) is 25.1 Å². The van der Waals surface area contributed by atoms with Crippen molar-refractivity contribution in [3.63, 3.8) is 0 Å². The van der Waals surface area contributed by atoms with Crippen LogP contribution < -0.4 is 5.32 Å². The molecule has 108 valence electrons. The number of aryl methyl sites for hydroxylation is 2. The van der Waals surface area contributed by atoms with Crippen LogP contribution in [0.5, 0.6) is 0 Å². The van der Waals surface area contributed by atoms with E-state index in [1.54, 1.807) is 0 Å². The molecular weight excluding hydrogens is 253 g/mol. The van der Waals surface area contributed by atoms with Crippen molar-refractivity contribution in [3.05, 3.63) is 29.8 Å². The minimum absolute atomic E-state index is 0.209. The molecule has 1 saturated heterocycles. The van der Waals surface area contributed by atoms with E-state index in [0.717, 1.165) is 42.8 Å². The highest BCUT2D eigenvalue weighted by atomic mass is 19.1. The van der Waals surface area contributed by atoms with Gasteiger partial charge >= 0.3 is 0 Å². The molecule has 0 radical (unpaired) electrons. The third-order valence-electron chi connectivity index (χ3n) is 4.23. The first-order valence-corrected chi connectivity index (χ1v) is 7.66. The first-order chi connectivity index (χ1) is 9.78. The molecule has 0 spiro atoms. The molecule has 1 aliphatic heterocycles. The van der Waals surface area contributed by atoms with Crippen molar-refractivity contribution in [1.82, 2.24) is 14.9 Å². The number of piperidine rings is 1. The molecule has 1 unspecified atom stereocenters. The summed E-state index contributed by atoms with van der Waals surface area (Å²) in [5.74, 6) is 0.874. The number of hydrogen-bond donors (Lipinski definition) is 1. The van der Waals surface area contributed by atoms with Crippen LogP contribution in [0.2, 0.25) is 0 Å². The molecule has 1 aromatic heterocycles. The number of nitrogens with one attached hydrogen (secondary N) is 1. The van der Waals surface area contributed by atoms with Crippen LogP contribution in [0.1, 0.15) is 38.4 Å². The summed E-state index contributed by atoms with van der Waals surface area (Å²) >= 11 is 0. The maximum Gasteiger partial charge on any atom is 0.125 e. The Morgan fingerprint density at radius 1 is 1.40 bits per heavy atom. The average molecular weight is 275 g/mol. The molecule has 3 nitrogen and oxygen atoms in total. The molecule has 0 saturated carbocycles. The Bertz CT molecular complexity index is 585. The lowest BCUT2D eigenvalue weighted by Gasteiger charge is -2.23. The van der Waals surface area contributed by atoms with Crippen LogP contribution in [0.3, 0.4) is 0 Å². The zero-order chi connectivity index (χ0) is 13.9. The van der Waals surface area contributed by atoms with E-state index in [4.69, 9.17) is 0 Å². The molecule has 2 heterocycles. The van der Waals surface area contributed by atoms with Gasteiger partial charge in [0.1, 0.15) is 11.6 Å². The largest absolute Gasteiger partial charge is 0.328 e. The summed E-state index contributed by atoms with van der Waals surface area (Å²) in [5, 5.41) is 3.57. The SMILES string of the molecule is CCn1c(CCC2CCCCN2)nc2cc(F)ccc21. The van der Waals surface area contributed by atoms with Gasteiger partial charge in [-0.3, -0.25) is 0 Å². The highest BCUT2D eigenvalue weighted by Gasteiger charge is 2.15. The lowest BCUT2D eigenvalue weighted by Crippen LogP contribution is -2.34. The number of imidazole rings is 1. The van der Waals surface area contributed by atoms with Crippen LogP contribution in [0.4, 0.5) is 4.39 Å². The third-order valence-corrected chi connectivity index (χ3v) is 4.23. The van der Waals surface area contributed by atoms with Crippen molar-refractivity contribution in [2.75, 3.05) is 6.54 Å². The maximum absolute atomic E-state index is 13.3. The van der Waals surface area contributed by atoms with E-state index in [0.29, 0.717) is 6.04 Å². The molecule has 1 aliphatic rings. The van der Waals surface area contributed by atoms with E-state index in [9.17, 15) is 4.39 Å². The molecule has 1 atom stereocenters. The summed E-state index contributed by atoms with van der Waals surface area (Å²) < 4.78 is 15.5. The van der Waals surface area contributed by atoms with E-state index < -0.39 is 0 Å². The summed E-state index contributed by atoms with van der Waals surface area (Å²) in [5.41, 5.74) is 1.82. The molecule has 20 heavy (non-hydrogen) atoms. The van der Waals surface area contributed by atoms with Gasteiger partial charge in [0.15, 0.2) is 0 Å². The smallest absolute Gasteiger partial charge is 0.125 e. The monoisotopic (exact) mass is 275 g/mol. The fraction of sp³-hybridized carbons (Fsp3) is 0.562. The predicted octanol–water partition coefficient (Wildman–Crippen LogP) is 3.27. The highest BCUT2D eigenvalue weighted by Crippen LogP contribution is 2.20. The summed E-state index contributed by atoms with van der Waals surface area (Å²) in [6.07, 6.45) is 5.96. The van der Waals surface area contributed by atoms with Crippen molar-refractivity contribution in [3.8, 4) is 0 Å². The van der Waals surface area contributed by atoms with Gasteiger partial charge in [0.25, 0.3) is 0 Å². The molecule has 0 aliphatic carbocycles. The second-order valence-electron chi connectivity index (χ2n) is 5.59. The number of nitrogens with zero attached hydrogens (tertiary/aromatic N) is 2. The van der Waals surface area contributed by atoms with Gasteiger partial charge in [0.05, 0.1) is 11.0 Å². The Kier molecular flexibility index (Phi) is 4.01. The van der Waals surface area contributed by atoms with Gasteiger partial charge in [-0.1, -0.05) is 6.42 Å². The molecule has 1 N–H and O–H groups in total. The number of benzene rings is 1. The maximum atomic E-state index is 13.3. The number of fused-ring (bicyclic) bond motifs is 1. The average Bonchev–Trinajstić information content (AvgIpc) is 2.82. The van der Waals surface area contributed by atoms with Crippen LogP contribution >= 0.6 is 0 Å². The molecule has 1 aromatic carbocycles. The molecule has 0 amide bonds. The van der Waals surface area contributed by atoms with Crippen LogP contribution in [-0.4, -0.2) is 22.1 Å². The van der Waals surface area contributed by atoms with Gasteiger partial charge < -0.3 is 9.88 Å². The number of hydrogen-bond acceptors (Lipinski definition) is 2. The second-order valence-corrected chi connectivity index (χ2v) is 5.59. The van der Waals surface area contributed by atoms with Crippen LogP contribution in [0.25, 0.3) is 11.0 Å². The van der Waals surface area contributed by atoms with E-state index in [1.165, 1.54) is 31.4 Å². The minimum Gasteiger partial charge on any atom is -0.328 e. The standard InChI is InChI=1S/C16H22FN3/c1-2-20-15-8-6-12(17)11-14(15)19-16(20)9-7-13-5-3-4-10-18-13/h6,8,11,13,18H,2-5,7,9-10H2,1H3. The van der Waals surface area contributed by atoms with Gasteiger partial charge in [0.2, 0.25) is 0 Å². The number of aromatic nitrogens is 2. The molecule has 3 rings (SSSR count). The van der Waals surface area contributed by atoms with E-state index in [1.807, 2.05) is 6.07 Å². The molecule has 1 fully saturated rings. The van der Waals surface area contributed by atoms with Crippen molar-refractivity contribution in [2.45, 2.75) is 51.6 Å². The highest BCUT2D eigenvalue weighted by molar-refractivity contribution is 5.76. The van der Waals surface area contributed by atoms with Crippen LogP contribution in [0, 0.1) is 5.82 Å². The van der Waals surface area contributed by atoms with Crippen LogP contribution in [0.15, 0.2) is 18.2 Å². The van der Waals surface area contributed by atoms with E-state index in [2.05, 4.69) is 21.8 Å². The van der Waals surface area contributed by atoms with Gasteiger partial charge in [-0.05, 0) is 44.9 Å². The minimum atomic E-state index is -0.209. The van der Waals surface area contributed by atoms with Gasteiger partial charge in [-0.25, -0.2) is 9.37 Å². The lowest BCUT2D eigenvalue weighted by atomic mass is 10.0. The zero-order valence-corrected chi connectivity index (χ0v) is 12.0. The van der Waals surface area contributed by atoms with Crippen molar-refractivity contribution in [2.24, 2.45) is 0 Å². The van der Waals surface area contributed by atoms with Crippen LogP contribution in [-0.2, 0) is 13.0 Å². The quantitative estimate of drug-likeness (QED) is 0.928.